The molecule has 2 rings (SSSR count). The molecule has 7 nitrogen and oxygen atoms in total. The molecule has 3 N–H and O–H groups in total. The molecule has 15 heavy (non-hydrogen) atoms. The van der Waals surface area contributed by atoms with Crippen LogP contribution in [0, 0.1) is 0 Å². The lowest BCUT2D eigenvalue weighted by molar-refractivity contribution is 0.0697. The number of aromatic nitrogens is 4. The van der Waals surface area contributed by atoms with Gasteiger partial charge in [-0.15, -0.1) is 5.10 Å². The Morgan fingerprint density at radius 1 is 1.60 bits per heavy atom. The van der Waals surface area contributed by atoms with E-state index in [1.165, 1.54) is 22.5 Å². The molecule has 0 bridgehead atoms. The average molecular weight is 225 g/mol. The van der Waals surface area contributed by atoms with Crippen LogP contribution in [0.15, 0.2) is 11.4 Å². The molecule has 0 aromatic carbocycles. The molecule has 0 fully saturated rings. The van der Waals surface area contributed by atoms with Gasteiger partial charge in [0.15, 0.2) is 0 Å². The first kappa shape index (κ1) is 9.71. The summed E-state index contributed by atoms with van der Waals surface area (Å²) in [6, 6.07) is 0. The maximum atomic E-state index is 10.8. The van der Waals surface area contributed by atoms with Crippen LogP contribution in [0.5, 0.6) is 0 Å². The molecule has 78 valence electrons. The first-order valence-corrected chi connectivity index (χ1v) is 5.14. The van der Waals surface area contributed by atoms with Crippen LogP contribution in [0.2, 0.25) is 0 Å². The van der Waals surface area contributed by atoms with Crippen LogP contribution in [-0.2, 0) is 0 Å². The van der Waals surface area contributed by atoms with Crippen LogP contribution in [0.4, 0.5) is 5.82 Å². The molecule has 0 spiro atoms. The van der Waals surface area contributed by atoms with Gasteiger partial charge in [0, 0.05) is 0 Å². The van der Waals surface area contributed by atoms with E-state index in [0.717, 1.165) is 0 Å². The van der Waals surface area contributed by atoms with Gasteiger partial charge in [-0.2, -0.15) is 9.97 Å². The maximum Gasteiger partial charge on any atom is 0.341 e. The Kier molecular flexibility index (Phi) is 2.19. The second kappa shape index (κ2) is 3.39. The number of carboxylic acids is 1. The minimum atomic E-state index is -1.14. The molecule has 0 aliphatic carbocycles. The number of nitrogen functional groups attached to an aromatic ring is 1. The molecule has 0 aliphatic heterocycles. The summed E-state index contributed by atoms with van der Waals surface area (Å²) in [5.74, 6) is -0.903. The first-order chi connectivity index (χ1) is 7.11. The molecule has 0 amide bonds. The van der Waals surface area contributed by atoms with E-state index in [4.69, 9.17) is 10.8 Å². The Morgan fingerprint density at radius 3 is 2.93 bits per heavy atom. The van der Waals surface area contributed by atoms with Crippen molar-refractivity contribution in [2.75, 3.05) is 12.0 Å². The zero-order valence-electron chi connectivity index (χ0n) is 7.71. The fraction of sp³-hybridized carbons (Fsp3) is 0.143. The standard InChI is InChI=1S/C7H7N5O2S/c1-15-7-10-6-9-4(8)3(5(13)14)2-12(6)11-7/h2H,1H3,(H,13,14)(H2,8,9,10,11). The van der Waals surface area contributed by atoms with Crippen molar-refractivity contribution < 1.29 is 9.90 Å². The molecule has 0 saturated carbocycles. The summed E-state index contributed by atoms with van der Waals surface area (Å²) >= 11 is 1.34. The normalized spacial score (nSPS) is 10.7. The minimum absolute atomic E-state index is 0.0601. The van der Waals surface area contributed by atoms with Gasteiger partial charge < -0.3 is 10.8 Å². The number of hydrogen-bond donors (Lipinski definition) is 2. The SMILES string of the molecule is CSc1nc2nc(N)c(C(=O)O)cn2n1. The Balaban J connectivity index is 2.68. The predicted octanol–water partition coefficient (Wildman–Crippen LogP) is 0.127. The summed E-state index contributed by atoms with van der Waals surface area (Å²) in [7, 11) is 0. The maximum absolute atomic E-state index is 10.8. The topological polar surface area (TPSA) is 106 Å². The van der Waals surface area contributed by atoms with Gasteiger partial charge in [-0.1, -0.05) is 11.8 Å². The van der Waals surface area contributed by atoms with Crippen molar-refractivity contribution >= 4 is 29.3 Å². The summed E-state index contributed by atoms with van der Waals surface area (Å²) in [5, 5.41) is 13.3. The zero-order valence-corrected chi connectivity index (χ0v) is 8.52. The van der Waals surface area contributed by atoms with Gasteiger partial charge in [0.25, 0.3) is 5.78 Å². The van der Waals surface area contributed by atoms with Crippen molar-refractivity contribution in [3.05, 3.63) is 11.8 Å². The molecule has 0 unspecified atom stereocenters. The number of nitrogens with two attached hydrogens (primary N) is 1. The Bertz CT molecular complexity index is 537. The molecule has 2 heterocycles. The smallest absolute Gasteiger partial charge is 0.341 e. The number of thioether (sulfide) groups is 1. The van der Waals surface area contributed by atoms with Crippen molar-refractivity contribution in [3.63, 3.8) is 0 Å². The molecule has 0 radical (unpaired) electrons. The second-order valence-electron chi connectivity index (χ2n) is 2.69. The van der Waals surface area contributed by atoms with Crippen LogP contribution in [-0.4, -0.2) is 36.9 Å². The van der Waals surface area contributed by atoms with Crippen LogP contribution in [0.1, 0.15) is 10.4 Å². The molecular weight excluding hydrogens is 218 g/mol. The lowest BCUT2D eigenvalue weighted by atomic mass is 10.3. The number of rotatable bonds is 2. The number of fused-ring (bicyclic) bond motifs is 1. The third kappa shape index (κ3) is 1.59. The van der Waals surface area contributed by atoms with Crippen LogP contribution in [0.3, 0.4) is 0 Å². The molecule has 2 aromatic rings. The van der Waals surface area contributed by atoms with Gasteiger partial charge in [-0.3, -0.25) is 0 Å². The molecule has 0 saturated heterocycles. The quantitative estimate of drug-likeness (QED) is 0.699. The summed E-state index contributed by atoms with van der Waals surface area (Å²) in [4.78, 5) is 18.6. The van der Waals surface area contributed by atoms with E-state index < -0.39 is 5.97 Å². The third-order valence-corrected chi connectivity index (χ3v) is 2.29. The fourth-order valence-electron chi connectivity index (χ4n) is 1.07. The van der Waals surface area contributed by atoms with E-state index in [9.17, 15) is 4.79 Å². The minimum Gasteiger partial charge on any atom is -0.477 e. The molecular formula is C7H7N5O2S. The second-order valence-corrected chi connectivity index (χ2v) is 3.46. The molecule has 2 aromatic heterocycles. The highest BCUT2D eigenvalue weighted by Gasteiger charge is 2.13. The van der Waals surface area contributed by atoms with Gasteiger partial charge in [-0.25, -0.2) is 9.31 Å². The van der Waals surface area contributed by atoms with E-state index in [2.05, 4.69) is 15.1 Å². The van der Waals surface area contributed by atoms with Crippen molar-refractivity contribution in [1.29, 1.82) is 0 Å². The van der Waals surface area contributed by atoms with E-state index >= 15 is 0 Å². The van der Waals surface area contributed by atoms with E-state index in [-0.39, 0.29) is 11.4 Å². The largest absolute Gasteiger partial charge is 0.477 e. The summed E-state index contributed by atoms with van der Waals surface area (Å²) in [6.45, 7) is 0. The highest BCUT2D eigenvalue weighted by molar-refractivity contribution is 7.98. The van der Waals surface area contributed by atoms with E-state index in [1.54, 1.807) is 0 Å². The Labute approximate surface area is 88.3 Å². The average Bonchev–Trinajstić information content (AvgIpc) is 2.58. The summed E-state index contributed by atoms with van der Waals surface area (Å²) in [5.41, 5.74) is 5.38. The number of carboxylic acid groups (broad SMARTS) is 1. The predicted molar refractivity (Wildman–Crippen MR) is 53.9 cm³/mol. The van der Waals surface area contributed by atoms with Crippen LogP contribution < -0.4 is 5.73 Å². The molecule has 0 aliphatic rings. The number of anilines is 1. The lowest BCUT2D eigenvalue weighted by Gasteiger charge is -1.98. The number of hydrogen-bond acceptors (Lipinski definition) is 6. The van der Waals surface area contributed by atoms with Gasteiger partial charge in [-0.05, 0) is 6.26 Å². The zero-order chi connectivity index (χ0) is 11.0. The Hall–Kier alpha value is -1.83. The van der Waals surface area contributed by atoms with Crippen molar-refractivity contribution in [2.24, 2.45) is 0 Å². The summed E-state index contributed by atoms with van der Waals surface area (Å²) < 4.78 is 1.30. The summed E-state index contributed by atoms with van der Waals surface area (Å²) in [6.07, 6.45) is 3.11. The molecule has 8 heteroatoms. The van der Waals surface area contributed by atoms with Crippen LogP contribution in [0.25, 0.3) is 5.78 Å². The van der Waals surface area contributed by atoms with Gasteiger partial charge in [0.05, 0.1) is 6.20 Å². The van der Waals surface area contributed by atoms with Gasteiger partial charge in [0.2, 0.25) is 5.16 Å². The van der Waals surface area contributed by atoms with Gasteiger partial charge >= 0.3 is 5.97 Å². The fourth-order valence-corrected chi connectivity index (χ4v) is 1.41. The van der Waals surface area contributed by atoms with Crippen molar-refractivity contribution in [3.8, 4) is 0 Å². The molecule has 0 atom stereocenters. The Morgan fingerprint density at radius 2 is 2.33 bits per heavy atom. The number of carbonyl (C=O) groups is 1. The van der Waals surface area contributed by atoms with Crippen molar-refractivity contribution in [1.82, 2.24) is 19.6 Å². The first-order valence-electron chi connectivity index (χ1n) is 3.92. The van der Waals surface area contributed by atoms with Crippen LogP contribution >= 0.6 is 11.8 Å². The number of nitrogens with zero attached hydrogens (tertiary/aromatic N) is 4. The third-order valence-electron chi connectivity index (χ3n) is 1.75. The number of aromatic carboxylic acids is 1. The monoisotopic (exact) mass is 225 g/mol. The lowest BCUT2D eigenvalue weighted by Crippen LogP contribution is -2.07. The van der Waals surface area contributed by atoms with E-state index in [0.29, 0.717) is 10.9 Å². The highest BCUT2D eigenvalue weighted by Crippen LogP contribution is 2.13. The highest BCUT2D eigenvalue weighted by atomic mass is 32.2. The van der Waals surface area contributed by atoms with E-state index in [1.807, 2.05) is 6.26 Å². The van der Waals surface area contributed by atoms with Gasteiger partial charge in [0.1, 0.15) is 11.4 Å². The van der Waals surface area contributed by atoms with Crippen molar-refractivity contribution in [2.45, 2.75) is 5.16 Å².